The van der Waals surface area contributed by atoms with Gasteiger partial charge in [0, 0.05) is 25.2 Å². The SMILES string of the molecule is Cn1c(=O)n(CC(=O)c2ccco2)c(=O)c2c3c(cnc21)C(=O)CC(C)(C)C3. The minimum atomic E-state index is -0.647. The van der Waals surface area contributed by atoms with Gasteiger partial charge >= 0.3 is 5.69 Å². The zero-order chi connectivity index (χ0) is 20.2. The summed E-state index contributed by atoms with van der Waals surface area (Å²) in [5.41, 5.74) is -0.369. The molecule has 4 rings (SSSR count). The van der Waals surface area contributed by atoms with Crippen LogP contribution in [0.1, 0.15) is 46.7 Å². The molecule has 0 aliphatic heterocycles. The standard InChI is InChI=1S/C20H19N3O5/c1-20(2)7-11-12(13(24)8-20)9-21-17-16(11)18(26)23(19(27)22(17)3)10-14(25)15-5-4-6-28-15/h4-6,9H,7-8,10H2,1-3H3. The van der Waals surface area contributed by atoms with Gasteiger partial charge in [0.25, 0.3) is 5.56 Å². The number of rotatable bonds is 3. The summed E-state index contributed by atoms with van der Waals surface area (Å²) in [7, 11) is 1.49. The van der Waals surface area contributed by atoms with Crippen LogP contribution < -0.4 is 11.2 Å². The van der Waals surface area contributed by atoms with E-state index in [0.717, 1.165) is 4.57 Å². The van der Waals surface area contributed by atoms with Crippen LogP contribution in [0.15, 0.2) is 38.6 Å². The van der Waals surface area contributed by atoms with Gasteiger partial charge < -0.3 is 4.42 Å². The fraction of sp³-hybridized carbons (Fsp3) is 0.350. The Hall–Kier alpha value is -3.29. The quantitative estimate of drug-likeness (QED) is 0.640. The number of Topliss-reactive ketones (excluding diaryl/α,β-unsaturated/α-hetero) is 2. The first kappa shape index (κ1) is 18.1. The summed E-state index contributed by atoms with van der Waals surface area (Å²) >= 11 is 0. The summed E-state index contributed by atoms with van der Waals surface area (Å²) in [6.07, 6.45) is 3.66. The molecule has 1 aliphatic carbocycles. The molecular weight excluding hydrogens is 362 g/mol. The number of pyridine rings is 1. The van der Waals surface area contributed by atoms with Gasteiger partial charge in [0.15, 0.2) is 11.5 Å². The van der Waals surface area contributed by atoms with Crippen molar-refractivity contribution in [1.29, 1.82) is 0 Å². The van der Waals surface area contributed by atoms with E-state index in [4.69, 9.17) is 4.42 Å². The largest absolute Gasteiger partial charge is 0.461 e. The Morgan fingerprint density at radius 2 is 2.00 bits per heavy atom. The molecule has 144 valence electrons. The Labute approximate surface area is 159 Å². The number of aromatic nitrogens is 3. The maximum atomic E-state index is 13.2. The predicted octanol–water partition coefficient (Wildman–Crippen LogP) is 1.73. The van der Waals surface area contributed by atoms with Crippen LogP contribution >= 0.6 is 0 Å². The second kappa shape index (κ2) is 6.12. The van der Waals surface area contributed by atoms with Crippen molar-refractivity contribution in [2.24, 2.45) is 12.5 Å². The Bertz CT molecular complexity index is 1250. The number of aryl methyl sites for hydroxylation is 1. The van der Waals surface area contributed by atoms with Gasteiger partial charge in [-0.2, -0.15) is 0 Å². The Morgan fingerprint density at radius 3 is 2.68 bits per heavy atom. The van der Waals surface area contributed by atoms with Crippen molar-refractivity contribution in [3.63, 3.8) is 0 Å². The van der Waals surface area contributed by atoms with Crippen molar-refractivity contribution in [1.82, 2.24) is 14.1 Å². The van der Waals surface area contributed by atoms with Crippen LogP contribution in [0.3, 0.4) is 0 Å². The van der Waals surface area contributed by atoms with E-state index in [2.05, 4.69) is 4.98 Å². The van der Waals surface area contributed by atoms with Crippen LogP contribution in [0.25, 0.3) is 11.0 Å². The molecule has 1 aliphatic rings. The summed E-state index contributed by atoms with van der Waals surface area (Å²) in [5, 5.41) is 0.216. The van der Waals surface area contributed by atoms with Crippen molar-refractivity contribution in [3.05, 3.63) is 62.3 Å². The van der Waals surface area contributed by atoms with Crippen molar-refractivity contribution in [2.45, 2.75) is 33.2 Å². The highest BCUT2D eigenvalue weighted by atomic mass is 16.3. The summed E-state index contributed by atoms with van der Waals surface area (Å²) in [5.74, 6) is -0.497. The molecule has 3 aromatic rings. The summed E-state index contributed by atoms with van der Waals surface area (Å²) < 4.78 is 7.18. The second-order valence-corrected chi connectivity index (χ2v) is 7.92. The number of nitrogens with zero attached hydrogens (tertiary/aromatic N) is 3. The third kappa shape index (κ3) is 2.72. The van der Waals surface area contributed by atoms with Crippen LogP contribution in [0.2, 0.25) is 0 Å². The molecule has 0 aromatic carbocycles. The van der Waals surface area contributed by atoms with Crippen LogP contribution in [-0.4, -0.2) is 25.7 Å². The Kier molecular flexibility index (Phi) is 3.95. The van der Waals surface area contributed by atoms with E-state index in [-0.39, 0.29) is 28.0 Å². The highest BCUT2D eigenvalue weighted by Gasteiger charge is 2.34. The lowest BCUT2D eigenvalue weighted by Crippen LogP contribution is -2.42. The van der Waals surface area contributed by atoms with Crippen LogP contribution in [0.5, 0.6) is 0 Å². The van der Waals surface area contributed by atoms with E-state index in [1.165, 1.54) is 30.1 Å². The van der Waals surface area contributed by atoms with E-state index in [9.17, 15) is 19.2 Å². The zero-order valence-corrected chi connectivity index (χ0v) is 15.8. The molecular formula is C20H19N3O5. The first-order chi connectivity index (χ1) is 13.2. The molecule has 3 aromatic heterocycles. The lowest BCUT2D eigenvalue weighted by molar-refractivity contribution is 0.0909. The van der Waals surface area contributed by atoms with E-state index in [1.807, 2.05) is 13.8 Å². The smallest absolute Gasteiger partial charge is 0.332 e. The molecule has 28 heavy (non-hydrogen) atoms. The number of fused-ring (bicyclic) bond motifs is 3. The van der Waals surface area contributed by atoms with Gasteiger partial charge in [-0.1, -0.05) is 13.8 Å². The van der Waals surface area contributed by atoms with E-state index < -0.39 is 23.6 Å². The van der Waals surface area contributed by atoms with Crippen molar-refractivity contribution in [2.75, 3.05) is 0 Å². The Balaban J connectivity index is 1.98. The van der Waals surface area contributed by atoms with Gasteiger partial charge in [-0.3, -0.25) is 23.5 Å². The lowest BCUT2D eigenvalue weighted by Gasteiger charge is -2.30. The van der Waals surface area contributed by atoms with Gasteiger partial charge in [0.1, 0.15) is 5.65 Å². The molecule has 0 radical (unpaired) electrons. The number of ketones is 2. The molecule has 3 heterocycles. The van der Waals surface area contributed by atoms with Crippen LogP contribution in [0, 0.1) is 5.41 Å². The minimum absolute atomic E-state index is 0.0681. The molecule has 0 saturated carbocycles. The monoisotopic (exact) mass is 381 g/mol. The molecule has 0 unspecified atom stereocenters. The number of hydrogen-bond donors (Lipinski definition) is 0. The first-order valence-electron chi connectivity index (χ1n) is 8.91. The predicted molar refractivity (Wildman–Crippen MR) is 101 cm³/mol. The summed E-state index contributed by atoms with van der Waals surface area (Å²) in [4.78, 5) is 55.1. The zero-order valence-electron chi connectivity index (χ0n) is 15.8. The normalized spacial score (nSPS) is 15.6. The van der Waals surface area contributed by atoms with Gasteiger partial charge in [-0.05, 0) is 29.5 Å². The van der Waals surface area contributed by atoms with Gasteiger partial charge in [-0.15, -0.1) is 0 Å². The minimum Gasteiger partial charge on any atom is -0.461 e. The van der Waals surface area contributed by atoms with Gasteiger partial charge in [0.2, 0.25) is 5.78 Å². The molecule has 0 bridgehead atoms. The molecule has 8 heteroatoms. The molecule has 0 N–H and O–H groups in total. The maximum absolute atomic E-state index is 13.2. The number of hydrogen-bond acceptors (Lipinski definition) is 6. The average molecular weight is 381 g/mol. The van der Waals surface area contributed by atoms with Crippen LogP contribution in [0.4, 0.5) is 0 Å². The van der Waals surface area contributed by atoms with Crippen molar-refractivity contribution < 1.29 is 14.0 Å². The highest BCUT2D eigenvalue weighted by molar-refractivity contribution is 6.02. The summed E-state index contributed by atoms with van der Waals surface area (Å²) in [6.45, 7) is 3.47. The average Bonchev–Trinajstić information content (AvgIpc) is 3.16. The second-order valence-electron chi connectivity index (χ2n) is 7.92. The third-order valence-corrected chi connectivity index (χ3v) is 5.15. The van der Waals surface area contributed by atoms with E-state index in [0.29, 0.717) is 24.0 Å². The summed E-state index contributed by atoms with van der Waals surface area (Å²) in [6, 6.07) is 3.03. The number of furan rings is 1. The molecule has 8 nitrogen and oxygen atoms in total. The molecule has 0 spiro atoms. The van der Waals surface area contributed by atoms with Gasteiger partial charge in [-0.25, -0.2) is 9.78 Å². The molecule has 0 saturated heterocycles. The van der Waals surface area contributed by atoms with Gasteiger partial charge in [0.05, 0.1) is 18.2 Å². The number of carbonyl (C=O) groups excluding carboxylic acids is 2. The van der Waals surface area contributed by atoms with E-state index >= 15 is 0 Å². The molecule has 0 atom stereocenters. The molecule has 0 amide bonds. The van der Waals surface area contributed by atoms with Crippen molar-refractivity contribution in [3.8, 4) is 0 Å². The van der Waals surface area contributed by atoms with E-state index in [1.54, 1.807) is 6.07 Å². The topological polar surface area (TPSA) is 104 Å². The molecule has 0 fully saturated rings. The Morgan fingerprint density at radius 1 is 1.25 bits per heavy atom. The maximum Gasteiger partial charge on any atom is 0.332 e. The van der Waals surface area contributed by atoms with Crippen molar-refractivity contribution >= 4 is 22.6 Å². The van der Waals surface area contributed by atoms with Crippen LogP contribution in [-0.2, 0) is 20.0 Å². The highest BCUT2D eigenvalue weighted by Crippen LogP contribution is 2.36. The lowest BCUT2D eigenvalue weighted by atomic mass is 9.73. The third-order valence-electron chi connectivity index (χ3n) is 5.15. The first-order valence-corrected chi connectivity index (χ1v) is 8.91. The fourth-order valence-electron chi connectivity index (χ4n) is 3.80. The number of carbonyl (C=O) groups is 2. The fourth-order valence-corrected chi connectivity index (χ4v) is 3.80.